The van der Waals surface area contributed by atoms with Gasteiger partial charge in [0.1, 0.15) is 5.82 Å². The molecule has 0 radical (unpaired) electrons. The van der Waals surface area contributed by atoms with Crippen LogP contribution in [0.3, 0.4) is 0 Å². The van der Waals surface area contributed by atoms with Crippen LogP contribution < -0.4 is 4.90 Å². The van der Waals surface area contributed by atoms with Gasteiger partial charge in [0.25, 0.3) is 0 Å². The Labute approximate surface area is 160 Å². The molecule has 1 fully saturated rings. The maximum absolute atomic E-state index is 12.9. The molecule has 1 aromatic carbocycles. The molecule has 0 amide bonds. The summed E-state index contributed by atoms with van der Waals surface area (Å²) in [7, 11) is -3.43. The highest BCUT2D eigenvalue weighted by atomic mass is 32.2. The normalized spacial score (nSPS) is 16.4. The number of nitrogens with zero attached hydrogens (tertiary/aromatic N) is 4. The molecule has 0 saturated carbocycles. The van der Waals surface area contributed by atoms with Gasteiger partial charge in [0.15, 0.2) is 0 Å². The van der Waals surface area contributed by atoms with Crippen molar-refractivity contribution in [1.29, 1.82) is 0 Å². The quantitative estimate of drug-likeness (QED) is 0.753. The fraction of sp³-hybridized carbons (Fsp3) is 0.556. The Morgan fingerprint density at radius 3 is 2.31 bits per heavy atom. The van der Waals surface area contributed by atoms with Crippen molar-refractivity contribution in [1.82, 2.24) is 13.7 Å². The average molecular weight is 395 g/mol. The highest BCUT2D eigenvalue weighted by molar-refractivity contribution is 7.89. The molecule has 8 heteroatoms. The molecule has 3 rings (SSSR count). The lowest BCUT2D eigenvalue weighted by Crippen LogP contribution is -2.48. The van der Waals surface area contributed by atoms with E-state index in [4.69, 9.17) is 0 Å². The minimum absolute atomic E-state index is 0.303. The summed E-state index contributed by atoms with van der Waals surface area (Å²) in [6.45, 7) is 8.47. The third-order valence-electron chi connectivity index (χ3n) is 4.56. The third kappa shape index (κ3) is 4.07. The number of benzene rings is 1. The predicted molar refractivity (Wildman–Crippen MR) is 105 cm³/mol. The molecule has 1 saturated heterocycles. The number of hydrogen-bond acceptors (Lipinski definition) is 6. The third-order valence-corrected chi connectivity index (χ3v) is 7.26. The zero-order valence-corrected chi connectivity index (χ0v) is 17.2. The van der Waals surface area contributed by atoms with Crippen LogP contribution in [0.25, 0.3) is 0 Å². The van der Waals surface area contributed by atoms with E-state index in [-0.39, 0.29) is 0 Å². The molecule has 0 bridgehead atoms. The minimum Gasteiger partial charge on any atom is -0.344 e. The highest BCUT2D eigenvalue weighted by Crippen LogP contribution is 2.24. The monoisotopic (exact) mass is 394 g/mol. The van der Waals surface area contributed by atoms with Crippen LogP contribution in [0.4, 0.5) is 5.13 Å². The van der Waals surface area contributed by atoms with Crippen LogP contribution in [0.2, 0.25) is 0 Å². The summed E-state index contributed by atoms with van der Waals surface area (Å²) in [6.07, 6.45) is 2.03. The molecule has 6 nitrogen and oxygen atoms in total. The van der Waals surface area contributed by atoms with Gasteiger partial charge >= 0.3 is 0 Å². The molecule has 0 atom stereocenters. The van der Waals surface area contributed by atoms with Crippen molar-refractivity contribution in [3.8, 4) is 0 Å². The summed E-state index contributed by atoms with van der Waals surface area (Å²) in [5.41, 5.74) is 1.17. The summed E-state index contributed by atoms with van der Waals surface area (Å²) in [5.74, 6) is 1.16. The van der Waals surface area contributed by atoms with Gasteiger partial charge in [-0.3, -0.25) is 0 Å². The van der Waals surface area contributed by atoms with Crippen molar-refractivity contribution in [2.75, 3.05) is 31.1 Å². The molecule has 0 spiro atoms. The van der Waals surface area contributed by atoms with Gasteiger partial charge in [-0.05, 0) is 24.1 Å². The fourth-order valence-corrected chi connectivity index (χ4v) is 5.26. The Morgan fingerprint density at radius 1 is 1.12 bits per heavy atom. The number of piperazine rings is 1. The van der Waals surface area contributed by atoms with Gasteiger partial charge in [-0.1, -0.05) is 39.3 Å². The Morgan fingerprint density at radius 2 is 1.77 bits per heavy atom. The van der Waals surface area contributed by atoms with E-state index in [2.05, 4.69) is 35.0 Å². The standard InChI is InChI=1S/C18H26N4O2S2/c1-4-5-15-6-8-16(9-7-15)26(23,24)22-12-10-21(11-13-22)18-19-17(14(2)3)20-25-18/h6-9,14H,4-5,10-13H2,1-3H3. The number of aryl methyl sites for hydroxylation is 1. The molecule has 1 aliphatic rings. The first-order chi connectivity index (χ1) is 12.4. The minimum atomic E-state index is -3.43. The van der Waals surface area contributed by atoms with Crippen molar-refractivity contribution in [3.63, 3.8) is 0 Å². The lowest BCUT2D eigenvalue weighted by Gasteiger charge is -2.33. The Balaban J connectivity index is 1.66. The Bertz CT molecular complexity index is 823. The Hall–Kier alpha value is -1.51. The van der Waals surface area contributed by atoms with E-state index < -0.39 is 10.0 Å². The van der Waals surface area contributed by atoms with Crippen LogP contribution in [0.15, 0.2) is 29.2 Å². The summed E-state index contributed by atoms with van der Waals surface area (Å²) in [5, 5.41) is 0.884. The van der Waals surface area contributed by atoms with Gasteiger partial charge < -0.3 is 4.90 Å². The van der Waals surface area contributed by atoms with E-state index in [1.165, 1.54) is 17.1 Å². The van der Waals surface area contributed by atoms with Crippen LogP contribution in [-0.4, -0.2) is 48.3 Å². The molecule has 142 valence electrons. The summed E-state index contributed by atoms with van der Waals surface area (Å²) >= 11 is 1.39. The molecule has 1 aromatic heterocycles. The number of rotatable bonds is 6. The second kappa shape index (κ2) is 8.02. The topological polar surface area (TPSA) is 66.4 Å². The van der Waals surface area contributed by atoms with Gasteiger partial charge in [0.2, 0.25) is 15.2 Å². The number of hydrogen-bond donors (Lipinski definition) is 0. The molecule has 1 aliphatic heterocycles. The molecule has 2 heterocycles. The van der Waals surface area contributed by atoms with Gasteiger partial charge in [-0.25, -0.2) is 13.4 Å². The van der Waals surface area contributed by atoms with E-state index in [1.54, 1.807) is 16.4 Å². The number of sulfonamides is 1. The highest BCUT2D eigenvalue weighted by Gasteiger charge is 2.29. The summed E-state index contributed by atoms with van der Waals surface area (Å²) in [6, 6.07) is 7.29. The van der Waals surface area contributed by atoms with Gasteiger partial charge in [-0.15, -0.1) is 0 Å². The first-order valence-electron chi connectivity index (χ1n) is 9.09. The van der Waals surface area contributed by atoms with Crippen LogP contribution in [0, 0.1) is 0 Å². The largest absolute Gasteiger partial charge is 0.344 e. The second-order valence-electron chi connectivity index (χ2n) is 6.87. The molecule has 0 unspecified atom stereocenters. The van der Waals surface area contributed by atoms with E-state index in [1.807, 2.05) is 12.1 Å². The first-order valence-corrected chi connectivity index (χ1v) is 11.3. The predicted octanol–water partition coefficient (Wildman–Crippen LogP) is 3.12. The molecule has 26 heavy (non-hydrogen) atoms. The van der Waals surface area contributed by atoms with Crippen LogP contribution in [-0.2, 0) is 16.4 Å². The number of aromatic nitrogens is 2. The molecule has 0 aliphatic carbocycles. The summed E-state index contributed by atoms with van der Waals surface area (Å²) in [4.78, 5) is 7.07. The number of anilines is 1. The average Bonchev–Trinajstić information content (AvgIpc) is 3.13. The van der Waals surface area contributed by atoms with E-state index in [0.717, 1.165) is 23.8 Å². The fourth-order valence-electron chi connectivity index (χ4n) is 2.97. The molecule has 0 N–H and O–H groups in total. The molecular weight excluding hydrogens is 368 g/mol. The maximum atomic E-state index is 12.9. The first kappa shape index (κ1) is 19.3. The van der Waals surface area contributed by atoms with Crippen molar-refractivity contribution < 1.29 is 8.42 Å². The van der Waals surface area contributed by atoms with Crippen molar-refractivity contribution in [3.05, 3.63) is 35.7 Å². The molecular formula is C18H26N4O2S2. The zero-order chi connectivity index (χ0) is 18.7. The lowest BCUT2D eigenvalue weighted by molar-refractivity contribution is 0.384. The van der Waals surface area contributed by atoms with Crippen molar-refractivity contribution in [2.24, 2.45) is 0 Å². The Kier molecular flexibility index (Phi) is 5.94. The van der Waals surface area contributed by atoms with E-state index in [9.17, 15) is 8.42 Å². The smallest absolute Gasteiger partial charge is 0.243 e. The van der Waals surface area contributed by atoms with E-state index in [0.29, 0.717) is 37.0 Å². The van der Waals surface area contributed by atoms with Crippen LogP contribution in [0.5, 0.6) is 0 Å². The van der Waals surface area contributed by atoms with Gasteiger partial charge in [0, 0.05) is 43.6 Å². The van der Waals surface area contributed by atoms with Gasteiger partial charge in [0.05, 0.1) is 4.90 Å². The van der Waals surface area contributed by atoms with Gasteiger partial charge in [-0.2, -0.15) is 8.68 Å². The SMILES string of the molecule is CCCc1ccc(S(=O)(=O)N2CCN(c3nc(C(C)C)ns3)CC2)cc1. The van der Waals surface area contributed by atoms with Crippen LogP contribution >= 0.6 is 11.5 Å². The van der Waals surface area contributed by atoms with Crippen molar-refractivity contribution >= 4 is 26.7 Å². The zero-order valence-electron chi connectivity index (χ0n) is 15.6. The maximum Gasteiger partial charge on any atom is 0.243 e. The van der Waals surface area contributed by atoms with Crippen molar-refractivity contribution in [2.45, 2.75) is 44.4 Å². The molecule has 2 aromatic rings. The lowest BCUT2D eigenvalue weighted by atomic mass is 10.1. The van der Waals surface area contributed by atoms with E-state index >= 15 is 0 Å². The second-order valence-corrected chi connectivity index (χ2v) is 9.54. The summed E-state index contributed by atoms with van der Waals surface area (Å²) < 4.78 is 31.7. The van der Waals surface area contributed by atoms with Crippen LogP contribution in [0.1, 0.15) is 44.5 Å².